The minimum atomic E-state index is -0.388. The number of hydrogen-bond donors (Lipinski definition) is 1. The van der Waals surface area contributed by atoms with Crippen molar-refractivity contribution in [1.29, 1.82) is 0 Å². The van der Waals surface area contributed by atoms with E-state index in [-0.39, 0.29) is 30.8 Å². The number of amides is 1. The van der Waals surface area contributed by atoms with Gasteiger partial charge in [-0.2, -0.15) is 0 Å². The highest BCUT2D eigenvalue weighted by Crippen LogP contribution is 2.12. The lowest BCUT2D eigenvalue weighted by Gasteiger charge is -2.10. The van der Waals surface area contributed by atoms with Crippen molar-refractivity contribution in [3.8, 4) is 0 Å². The molecule has 0 bridgehead atoms. The average Bonchev–Trinajstić information content (AvgIpc) is 2.79. The molecular weight excluding hydrogens is 210 g/mol. The van der Waals surface area contributed by atoms with Crippen LogP contribution < -0.4 is 5.32 Å². The van der Waals surface area contributed by atoms with E-state index in [1.165, 1.54) is 7.11 Å². The van der Waals surface area contributed by atoms with Crippen molar-refractivity contribution < 1.29 is 18.7 Å². The summed E-state index contributed by atoms with van der Waals surface area (Å²) in [6.45, 7) is 1.81. The van der Waals surface area contributed by atoms with Gasteiger partial charge in [0.2, 0.25) is 5.91 Å². The molecule has 1 rings (SSSR count). The number of rotatable bonds is 5. The van der Waals surface area contributed by atoms with Crippen molar-refractivity contribution in [2.75, 3.05) is 7.11 Å². The molecule has 1 amide bonds. The first-order valence-electron chi connectivity index (χ1n) is 5.03. The zero-order valence-electron chi connectivity index (χ0n) is 9.36. The van der Waals surface area contributed by atoms with Gasteiger partial charge in [0.1, 0.15) is 5.76 Å². The molecule has 0 aliphatic rings. The van der Waals surface area contributed by atoms with Gasteiger partial charge >= 0.3 is 5.97 Å². The van der Waals surface area contributed by atoms with Crippen LogP contribution in [0.5, 0.6) is 0 Å². The van der Waals surface area contributed by atoms with Crippen molar-refractivity contribution >= 4 is 11.9 Å². The Morgan fingerprint density at radius 3 is 2.81 bits per heavy atom. The maximum Gasteiger partial charge on any atom is 0.306 e. The standard InChI is InChI=1S/C11H15NO4/c1-8(9-4-3-7-16-9)12-10(13)5-6-11(14)15-2/h3-4,7-8H,5-6H2,1-2H3,(H,12,13). The summed E-state index contributed by atoms with van der Waals surface area (Å²) in [5.41, 5.74) is 0. The highest BCUT2D eigenvalue weighted by Gasteiger charge is 2.12. The molecule has 1 heterocycles. The molecule has 1 N–H and O–H groups in total. The lowest BCUT2D eigenvalue weighted by Crippen LogP contribution is -2.26. The van der Waals surface area contributed by atoms with E-state index >= 15 is 0 Å². The first kappa shape index (κ1) is 12.3. The van der Waals surface area contributed by atoms with Gasteiger partial charge in [0, 0.05) is 6.42 Å². The summed E-state index contributed by atoms with van der Waals surface area (Å²) in [7, 11) is 1.30. The molecule has 5 nitrogen and oxygen atoms in total. The number of ether oxygens (including phenoxy) is 1. The van der Waals surface area contributed by atoms with Gasteiger partial charge in [-0.05, 0) is 19.1 Å². The van der Waals surface area contributed by atoms with E-state index in [4.69, 9.17) is 4.42 Å². The van der Waals surface area contributed by atoms with Crippen LogP contribution in [-0.2, 0) is 14.3 Å². The van der Waals surface area contributed by atoms with Gasteiger partial charge in [0.25, 0.3) is 0 Å². The van der Waals surface area contributed by atoms with Gasteiger partial charge in [-0.15, -0.1) is 0 Å². The van der Waals surface area contributed by atoms with Gasteiger partial charge in [-0.1, -0.05) is 0 Å². The number of carbonyl (C=O) groups excluding carboxylic acids is 2. The third-order valence-corrected chi connectivity index (χ3v) is 2.13. The van der Waals surface area contributed by atoms with Gasteiger partial charge < -0.3 is 14.5 Å². The quantitative estimate of drug-likeness (QED) is 0.769. The summed E-state index contributed by atoms with van der Waals surface area (Å²) >= 11 is 0. The molecule has 0 aliphatic carbocycles. The van der Waals surface area contributed by atoms with Crippen LogP contribution >= 0.6 is 0 Å². The highest BCUT2D eigenvalue weighted by molar-refractivity contribution is 5.81. The Balaban J connectivity index is 2.32. The molecule has 0 saturated heterocycles. The van der Waals surface area contributed by atoms with Crippen molar-refractivity contribution in [3.05, 3.63) is 24.2 Å². The van der Waals surface area contributed by atoms with Crippen LogP contribution in [0.25, 0.3) is 0 Å². The third-order valence-electron chi connectivity index (χ3n) is 2.13. The summed E-state index contributed by atoms with van der Waals surface area (Å²) in [4.78, 5) is 22.2. The lowest BCUT2D eigenvalue weighted by atomic mass is 10.2. The molecule has 88 valence electrons. The fourth-order valence-corrected chi connectivity index (χ4v) is 1.24. The topological polar surface area (TPSA) is 68.5 Å². The summed E-state index contributed by atoms with van der Waals surface area (Å²) < 4.78 is 9.58. The first-order chi connectivity index (χ1) is 7.63. The third kappa shape index (κ3) is 3.76. The normalized spacial score (nSPS) is 11.9. The number of nitrogens with one attached hydrogen (secondary N) is 1. The molecule has 0 fully saturated rings. The molecule has 1 aromatic heterocycles. The second kappa shape index (κ2) is 5.95. The SMILES string of the molecule is COC(=O)CCC(=O)NC(C)c1ccco1. The number of esters is 1. The Bertz CT molecular complexity index is 345. The number of hydrogen-bond acceptors (Lipinski definition) is 4. The zero-order chi connectivity index (χ0) is 12.0. The predicted octanol–water partition coefficient (Wildman–Crippen LogP) is 1.41. The van der Waals surface area contributed by atoms with Crippen LogP contribution in [0.2, 0.25) is 0 Å². The van der Waals surface area contributed by atoms with Crippen LogP contribution in [-0.4, -0.2) is 19.0 Å². The van der Waals surface area contributed by atoms with Crippen LogP contribution in [0.4, 0.5) is 0 Å². The van der Waals surface area contributed by atoms with Crippen LogP contribution in [0.3, 0.4) is 0 Å². The fourth-order valence-electron chi connectivity index (χ4n) is 1.24. The first-order valence-corrected chi connectivity index (χ1v) is 5.03. The van der Waals surface area contributed by atoms with Gasteiger partial charge in [-0.25, -0.2) is 0 Å². The maximum absolute atomic E-state index is 11.4. The highest BCUT2D eigenvalue weighted by atomic mass is 16.5. The van der Waals surface area contributed by atoms with E-state index in [1.54, 1.807) is 18.4 Å². The molecule has 5 heteroatoms. The summed E-state index contributed by atoms with van der Waals surface area (Å²) in [6.07, 6.45) is 1.76. The zero-order valence-corrected chi connectivity index (χ0v) is 9.36. The molecule has 1 unspecified atom stereocenters. The Kier molecular flexibility index (Phi) is 4.57. The Morgan fingerprint density at radius 1 is 1.50 bits per heavy atom. The molecule has 1 atom stereocenters. The van der Waals surface area contributed by atoms with E-state index in [1.807, 2.05) is 6.92 Å². The van der Waals surface area contributed by atoms with Gasteiger partial charge in [0.05, 0.1) is 25.8 Å². The molecule has 0 spiro atoms. The molecule has 0 radical (unpaired) electrons. The largest absolute Gasteiger partial charge is 0.469 e. The van der Waals surface area contributed by atoms with Crippen molar-refractivity contribution in [2.24, 2.45) is 0 Å². The van der Waals surface area contributed by atoms with Crippen LogP contribution in [0.15, 0.2) is 22.8 Å². The second-order valence-corrected chi connectivity index (χ2v) is 3.38. The van der Waals surface area contributed by atoms with E-state index in [0.717, 1.165) is 0 Å². The monoisotopic (exact) mass is 225 g/mol. The van der Waals surface area contributed by atoms with Crippen molar-refractivity contribution in [2.45, 2.75) is 25.8 Å². The van der Waals surface area contributed by atoms with Crippen LogP contribution in [0, 0.1) is 0 Å². The average molecular weight is 225 g/mol. The van der Waals surface area contributed by atoms with Gasteiger partial charge in [0.15, 0.2) is 0 Å². The summed E-state index contributed by atoms with van der Waals surface area (Å²) in [5.74, 6) is 0.0986. The molecular formula is C11H15NO4. The molecule has 0 saturated carbocycles. The Labute approximate surface area is 93.8 Å². The predicted molar refractivity (Wildman–Crippen MR) is 56.5 cm³/mol. The molecule has 0 aliphatic heterocycles. The molecule has 0 aromatic carbocycles. The van der Waals surface area contributed by atoms with E-state index in [2.05, 4.69) is 10.1 Å². The minimum absolute atomic E-state index is 0.0905. The lowest BCUT2D eigenvalue weighted by molar-refractivity contribution is -0.142. The minimum Gasteiger partial charge on any atom is -0.469 e. The van der Waals surface area contributed by atoms with Crippen LogP contribution in [0.1, 0.15) is 31.6 Å². The second-order valence-electron chi connectivity index (χ2n) is 3.38. The molecule has 16 heavy (non-hydrogen) atoms. The van der Waals surface area contributed by atoms with Gasteiger partial charge in [-0.3, -0.25) is 9.59 Å². The van der Waals surface area contributed by atoms with E-state index in [9.17, 15) is 9.59 Å². The smallest absolute Gasteiger partial charge is 0.306 e. The van der Waals surface area contributed by atoms with Crippen molar-refractivity contribution in [3.63, 3.8) is 0 Å². The van der Waals surface area contributed by atoms with E-state index < -0.39 is 0 Å². The summed E-state index contributed by atoms with van der Waals surface area (Å²) in [5, 5.41) is 2.72. The maximum atomic E-state index is 11.4. The number of furan rings is 1. The number of methoxy groups -OCH3 is 1. The fraction of sp³-hybridized carbons (Fsp3) is 0.455. The Morgan fingerprint density at radius 2 is 2.25 bits per heavy atom. The summed E-state index contributed by atoms with van der Waals surface area (Å²) in [6, 6.07) is 3.35. The Hall–Kier alpha value is -1.78. The number of carbonyl (C=O) groups is 2. The van der Waals surface area contributed by atoms with Crippen molar-refractivity contribution in [1.82, 2.24) is 5.32 Å². The molecule has 1 aromatic rings. The van der Waals surface area contributed by atoms with E-state index in [0.29, 0.717) is 5.76 Å².